The summed E-state index contributed by atoms with van der Waals surface area (Å²) in [5, 5.41) is 0. The molecule has 0 N–H and O–H groups in total. The van der Waals surface area contributed by atoms with Gasteiger partial charge in [-0.1, -0.05) is 52.4 Å². The zero-order chi connectivity index (χ0) is 18.6. The molecule has 0 aliphatic rings. The summed E-state index contributed by atoms with van der Waals surface area (Å²) in [7, 11) is 0. The SMILES string of the molecule is CCCCCCCCCc1cnc(-c2ccc(OCCC)cc2)nc1F. The van der Waals surface area contributed by atoms with Gasteiger partial charge in [0.25, 0.3) is 0 Å². The van der Waals surface area contributed by atoms with Gasteiger partial charge in [0.15, 0.2) is 5.82 Å². The van der Waals surface area contributed by atoms with E-state index in [1.807, 2.05) is 24.3 Å². The molecule has 0 radical (unpaired) electrons. The van der Waals surface area contributed by atoms with E-state index in [2.05, 4.69) is 23.8 Å². The lowest BCUT2D eigenvalue weighted by Gasteiger charge is -2.07. The van der Waals surface area contributed by atoms with Gasteiger partial charge in [-0.05, 0) is 43.5 Å². The molecule has 0 saturated carbocycles. The van der Waals surface area contributed by atoms with E-state index in [0.717, 1.165) is 30.6 Å². The summed E-state index contributed by atoms with van der Waals surface area (Å²) in [6.07, 6.45) is 11.9. The highest BCUT2D eigenvalue weighted by Crippen LogP contribution is 2.21. The van der Waals surface area contributed by atoms with Crippen molar-refractivity contribution in [3.8, 4) is 17.1 Å². The van der Waals surface area contributed by atoms with E-state index >= 15 is 0 Å². The van der Waals surface area contributed by atoms with Crippen LogP contribution in [0.1, 0.15) is 70.8 Å². The maximum absolute atomic E-state index is 14.3. The van der Waals surface area contributed by atoms with Gasteiger partial charge in [-0.2, -0.15) is 9.37 Å². The molecule has 0 spiro atoms. The van der Waals surface area contributed by atoms with Crippen LogP contribution < -0.4 is 4.74 Å². The lowest BCUT2D eigenvalue weighted by Crippen LogP contribution is -2.00. The van der Waals surface area contributed by atoms with Crippen LogP contribution in [0.25, 0.3) is 11.4 Å². The van der Waals surface area contributed by atoms with Crippen molar-refractivity contribution in [3.05, 3.63) is 42.0 Å². The van der Waals surface area contributed by atoms with Crippen molar-refractivity contribution in [1.82, 2.24) is 9.97 Å². The highest BCUT2D eigenvalue weighted by molar-refractivity contribution is 5.56. The Kier molecular flexibility index (Phi) is 9.08. The van der Waals surface area contributed by atoms with Crippen LogP contribution in [0.15, 0.2) is 30.5 Å². The fourth-order valence-corrected chi connectivity index (χ4v) is 2.89. The Morgan fingerprint density at radius 1 is 0.885 bits per heavy atom. The Morgan fingerprint density at radius 2 is 1.58 bits per heavy atom. The van der Waals surface area contributed by atoms with Crippen molar-refractivity contribution in [2.75, 3.05) is 6.61 Å². The quantitative estimate of drug-likeness (QED) is 0.327. The molecule has 0 saturated heterocycles. The molecule has 1 heterocycles. The third-order valence-electron chi connectivity index (χ3n) is 4.45. The van der Waals surface area contributed by atoms with Crippen molar-refractivity contribution < 1.29 is 9.13 Å². The van der Waals surface area contributed by atoms with Gasteiger partial charge in [0.1, 0.15) is 5.75 Å². The van der Waals surface area contributed by atoms with E-state index in [4.69, 9.17) is 4.74 Å². The van der Waals surface area contributed by atoms with Crippen LogP contribution in [0.3, 0.4) is 0 Å². The molecule has 0 bridgehead atoms. The van der Waals surface area contributed by atoms with E-state index in [0.29, 0.717) is 24.4 Å². The molecule has 0 unspecified atom stereocenters. The fraction of sp³-hybridized carbons (Fsp3) is 0.545. The number of nitrogens with zero attached hydrogens (tertiary/aromatic N) is 2. The molecule has 2 aromatic rings. The summed E-state index contributed by atoms with van der Waals surface area (Å²) in [5.74, 6) is 0.840. The van der Waals surface area contributed by atoms with Crippen LogP contribution in [0, 0.1) is 5.95 Å². The van der Waals surface area contributed by atoms with Gasteiger partial charge in [-0.15, -0.1) is 0 Å². The molecule has 0 fully saturated rings. The predicted octanol–water partition coefficient (Wildman–Crippen LogP) is 6.36. The van der Waals surface area contributed by atoms with E-state index < -0.39 is 5.95 Å². The van der Waals surface area contributed by atoms with E-state index in [1.54, 1.807) is 6.20 Å². The van der Waals surface area contributed by atoms with Gasteiger partial charge in [-0.25, -0.2) is 4.98 Å². The normalized spacial score (nSPS) is 10.9. The first-order valence-electron chi connectivity index (χ1n) is 9.99. The third kappa shape index (κ3) is 6.74. The second-order valence-corrected chi connectivity index (χ2v) is 6.75. The van der Waals surface area contributed by atoms with Gasteiger partial charge in [-0.3, -0.25) is 0 Å². The average Bonchev–Trinajstić information content (AvgIpc) is 2.67. The van der Waals surface area contributed by atoms with Crippen molar-refractivity contribution >= 4 is 0 Å². The maximum atomic E-state index is 14.3. The van der Waals surface area contributed by atoms with Gasteiger partial charge in [0.2, 0.25) is 5.95 Å². The van der Waals surface area contributed by atoms with Crippen molar-refractivity contribution in [2.45, 2.75) is 71.6 Å². The number of unbranched alkanes of at least 4 members (excludes halogenated alkanes) is 6. The Hall–Kier alpha value is -1.97. The fourth-order valence-electron chi connectivity index (χ4n) is 2.89. The molecule has 26 heavy (non-hydrogen) atoms. The highest BCUT2D eigenvalue weighted by atomic mass is 19.1. The Bertz CT molecular complexity index is 643. The summed E-state index contributed by atoms with van der Waals surface area (Å²) in [4.78, 5) is 8.41. The Balaban J connectivity index is 1.84. The van der Waals surface area contributed by atoms with E-state index in [-0.39, 0.29) is 0 Å². The zero-order valence-electron chi connectivity index (χ0n) is 16.1. The smallest absolute Gasteiger partial charge is 0.219 e. The standard InChI is InChI=1S/C22H31FN2O/c1-3-5-6-7-8-9-10-11-19-17-24-22(25-21(19)23)18-12-14-20(15-13-18)26-16-4-2/h12-15,17H,3-11,16H2,1-2H3. The summed E-state index contributed by atoms with van der Waals surface area (Å²) in [6, 6.07) is 7.49. The third-order valence-corrected chi connectivity index (χ3v) is 4.45. The largest absolute Gasteiger partial charge is 0.494 e. The zero-order valence-corrected chi connectivity index (χ0v) is 16.1. The van der Waals surface area contributed by atoms with E-state index in [1.165, 1.54) is 32.1 Å². The van der Waals surface area contributed by atoms with E-state index in [9.17, 15) is 4.39 Å². The molecule has 1 aromatic heterocycles. The minimum Gasteiger partial charge on any atom is -0.494 e. The summed E-state index contributed by atoms with van der Waals surface area (Å²) in [5.41, 5.74) is 1.42. The molecular weight excluding hydrogens is 327 g/mol. The van der Waals surface area contributed by atoms with Crippen LogP contribution >= 0.6 is 0 Å². The lowest BCUT2D eigenvalue weighted by molar-refractivity contribution is 0.317. The van der Waals surface area contributed by atoms with Gasteiger partial charge in [0.05, 0.1) is 6.61 Å². The van der Waals surface area contributed by atoms with Crippen LogP contribution in [0.5, 0.6) is 5.75 Å². The number of halogens is 1. The van der Waals surface area contributed by atoms with Crippen molar-refractivity contribution in [1.29, 1.82) is 0 Å². The summed E-state index contributed by atoms with van der Waals surface area (Å²) >= 11 is 0. The highest BCUT2D eigenvalue weighted by Gasteiger charge is 2.09. The molecule has 4 heteroatoms. The molecule has 0 aliphatic heterocycles. The first-order chi connectivity index (χ1) is 12.7. The minimum absolute atomic E-state index is 0.396. The summed E-state index contributed by atoms with van der Waals surface area (Å²) in [6.45, 7) is 4.98. The maximum Gasteiger partial charge on any atom is 0.219 e. The first-order valence-corrected chi connectivity index (χ1v) is 9.99. The van der Waals surface area contributed by atoms with Crippen molar-refractivity contribution in [3.63, 3.8) is 0 Å². The molecule has 2 rings (SSSR count). The Morgan fingerprint density at radius 3 is 2.23 bits per heavy atom. The second kappa shape index (κ2) is 11.6. The molecule has 3 nitrogen and oxygen atoms in total. The summed E-state index contributed by atoms with van der Waals surface area (Å²) < 4.78 is 19.8. The number of benzene rings is 1. The molecule has 0 atom stereocenters. The molecule has 0 aliphatic carbocycles. The number of aromatic nitrogens is 2. The number of rotatable bonds is 12. The monoisotopic (exact) mass is 358 g/mol. The van der Waals surface area contributed by atoms with Gasteiger partial charge < -0.3 is 4.74 Å². The molecular formula is C22H31FN2O. The number of aryl methyl sites for hydroxylation is 1. The first kappa shape index (κ1) is 20.3. The second-order valence-electron chi connectivity index (χ2n) is 6.75. The topological polar surface area (TPSA) is 35.0 Å². The van der Waals surface area contributed by atoms with Crippen LogP contribution in [-0.2, 0) is 6.42 Å². The lowest BCUT2D eigenvalue weighted by atomic mass is 10.1. The average molecular weight is 359 g/mol. The minimum atomic E-state index is -0.396. The Labute approximate surface area is 157 Å². The van der Waals surface area contributed by atoms with Crippen molar-refractivity contribution in [2.24, 2.45) is 0 Å². The van der Waals surface area contributed by atoms with Gasteiger partial charge in [0, 0.05) is 17.3 Å². The molecule has 142 valence electrons. The van der Waals surface area contributed by atoms with Crippen LogP contribution in [-0.4, -0.2) is 16.6 Å². The number of hydrogen-bond acceptors (Lipinski definition) is 3. The molecule has 1 aromatic carbocycles. The van der Waals surface area contributed by atoms with Gasteiger partial charge >= 0.3 is 0 Å². The number of ether oxygens (including phenoxy) is 1. The predicted molar refractivity (Wildman–Crippen MR) is 105 cm³/mol. The van der Waals surface area contributed by atoms with Crippen LogP contribution in [0.4, 0.5) is 4.39 Å². The van der Waals surface area contributed by atoms with Crippen LogP contribution in [0.2, 0.25) is 0 Å². The molecule has 0 amide bonds. The number of hydrogen-bond donors (Lipinski definition) is 0.